The van der Waals surface area contributed by atoms with Crippen molar-refractivity contribution in [1.82, 2.24) is 24.3 Å². The lowest BCUT2D eigenvalue weighted by Crippen LogP contribution is -2.38. The van der Waals surface area contributed by atoms with Gasteiger partial charge in [-0.1, -0.05) is 32.0 Å². The maximum atomic E-state index is 13.7. The zero-order chi connectivity index (χ0) is 25.7. The first kappa shape index (κ1) is 24.9. The van der Waals surface area contributed by atoms with Gasteiger partial charge in [0, 0.05) is 19.2 Å². The molecule has 0 spiro atoms. The topological polar surface area (TPSA) is 103 Å². The van der Waals surface area contributed by atoms with Gasteiger partial charge in [0.1, 0.15) is 10.7 Å². The lowest BCUT2D eigenvalue weighted by Gasteiger charge is -2.11. The molecule has 0 saturated heterocycles. The maximum absolute atomic E-state index is 13.7. The van der Waals surface area contributed by atoms with E-state index in [4.69, 9.17) is 0 Å². The number of hydrogen-bond donors (Lipinski definition) is 1. The fourth-order valence-electron chi connectivity index (χ4n) is 3.59. The van der Waals surface area contributed by atoms with E-state index in [0.29, 0.717) is 5.82 Å². The van der Waals surface area contributed by atoms with E-state index in [1.165, 1.54) is 23.7 Å². The Morgan fingerprint density at radius 2 is 1.91 bits per heavy atom. The summed E-state index contributed by atoms with van der Waals surface area (Å²) in [5, 5.41) is 6.94. The van der Waals surface area contributed by atoms with E-state index < -0.39 is 34.3 Å². The number of halogens is 3. The fourth-order valence-corrected chi connectivity index (χ4v) is 5.98. The van der Waals surface area contributed by atoms with Gasteiger partial charge in [-0.2, -0.15) is 13.2 Å². The molecule has 0 unspecified atom stereocenters. The summed E-state index contributed by atoms with van der Waals surface area (Å²) in [5.74, 6) is -0.404. The fraction of sp³-hybridized carbons (Fsp3) is 0.318. The third kappa shape index (κ3) is 4.57. The number of hydrogen-bond acceptors (Lipinski definition) is 7. The van der Waals surface area contributed by atoms with Gasteiger partial charge in [0.15, 0.2) is 0 Å². The second-order valence-electron chi connectivity index (χ2n) is 8.27. The number of fused-ring (bicyclic) bond motifs is 1. The second kappa shape index (κ2) is 9.11. The highest BCUT2D eigenvalue weighted by atomic mass is 32.2. The molecule has 3 aromatic heterocycles. The van der Waals surface area contributed by atoms with Gasteiger partial charge in [0.25, 0.3) is 5.56 Å². The molecule has 1 aromatic carbocycles. The van der Waals surface area contributed by atoms with Crippen LogP contribution in [-0.4, -0.2) is 30.1 Å². The maximum Gasteiger partial charge on any atom is 0.417 e. The molecule has 4 aromatic rings. The van der Waals surface area contributed by atoms with Gasteiger partial charge in [0.2, 0.25) is 10.9 Å². The van der Waals surface area contributed by atoms with Crippen LogP contribution in [0.1, 0.15) is 40.5 Å². The van der Waals surface area contributed by atoms with Gasteiger partial charge >= 0.3 is 11.9 Å². The van der Waals surface area contributed by atoms with Crippen LogP contribution in [-0.2, 0) is 19.8 Å². The molecule has 0 bridgehead atoms. The Balaban J connectivity index is 2.06. The molecule has 0 radical (unpaired) electrons. The van der Waals surface area contributed by atoms with E-state index >= 15 is 0 Å². The average Bonchev–Trinajstić information content (AvgIpc) is 3.37. The molecule has 13 heteroatoms. The van der Waals surface area contributed by atoms with Crippen molar-refractivity contribution in [2.24, 2.45) is 13.0 Å². The van der Waals surface area contributed by atoms with Crippen molar-refractivity contribution < 1.29 is 18.0 Å². The van der Waals surface area contributed by atoms with Crippen LogP contribution in [0.3, 0.4) is 0 Å². The molecule has 0 fully saturated rings. The minimum Gasteiger partial charge on any atom is -0.288 e. The minimum atomic E-state index is -4.76. The molecule has 0 aliphatic carbocycles. The third-order valence-corrected chi connectivity index (χ3v) is 7.45. The van der Waals surface area contributed by atoms with E-state index in [1.807, 2.05) is 13.8 Å². The molecule has 8 nitrogen and oxygen atoms in total. The molecule has 3 heterocycles. The van der Waals surface area contributed by atoms with Crippen LogP contribution in [0.15, 0.2) is 43.9 Å². The van der Waals surface area contributed by atoms with Crippen molar-refractivity contribution in [3.05, 3.63) is 66.9 Å². The number of carbonyl (C=O) groups excluding carboxylic acids is 1. The first-order valence-electron chi connectivity index (χ1n) is 10.4. The Morgan fingerprint density at radius 1 is 1.23 bits per heavy atom. The summed E-state index contributed by atoms with van der Waals surface area (Å²) >= 11 is 1.71. The Kier molecular flexibility index (Phi) is 6.49. The Morgan fingerprint density at radius 3 is 2.51 bits per heavy atom. The summed E-state index contributed by atoms with van der Waals surface area (Å²) in [7, 11) is 1.32. The summed E-state index contributed by atoms with van der Waals surface area (Å²) in [4.78, 5) is 44.1. The van der Waals surface area contributed by atoms with E-state index in [1.54, 1.807) is 6.92 Å². The molecular weight excluding hydrogens is 503 g/mol. The summed E-state index contributed by atoms with van der Waals surface area (Å²) in [6.45, 7) is 5.68. The van der Waals surface area contributed by atoms with Crippen LogP contribution in [0.2, 0.25) is 0 Å². The van der Waals surface area contributed by atoms with Gasteiger partial charge in [-0.05, 0) is 30.7 Å². The molecule has 0 atom stereocenters. The number of rotatable bonds is 6. The molecule has 0 aliphatic heterocycles. The predicted octanol–water partition coefficient (Wildman–Crippen LogP) is 4.25. The van der Waals surface area contributed by atoms with Crippen LogP contribution in [0, 0.1) is 12.8 Å². The highest BCUT2D eigenvalue weighted by molar-refractivity contribution is 7.99. The number of aryl methyl sites for hydroxylation is 1. The van der Waals surface area contributed by atoms with Gasteiger partial charge in [-0.15, -0.1) is 16.4 Å². The monoisotopic (exact) mass is 523 g/mol. The summed E-state index contributed by atoms with van der Waals surface area (Å²) in [5.41, 5.74) is -2.86. The van der Waals surface area contributed by atoms with Gasteiger partial charge < -0.3 is 0 Å². The van der Waals surface area contributed by atoms with Crippen molar-refractivity contribution in [1.29, 1.82) is 0 Å². The number of H-pyrrole nitrogens is 1. The highest BCUT2D eigenvalue weighted by Crippen LogP contribution is 2.41. The van der Waals surface area contributed by atoms with Crippen molar-refractivity contribution in [2.75, 3.05) is 0 Å². The van der Waals surface area contributed by atoms with Crippen LogP contribution in [0.25, 0.3) is 10.2 Å². The third-order valence-electron chi connectivity index (χ3n) is 5.13. The van der Waals surface area contributed by atoms with Crippen LogP contribution >= 0.6 is 23.1 Å². The number of alkyl halides is 3. The SMILES string of the molecule is Cc1nc(Sc2c(C(=O)c3ccccc3C(F)(F)F)sc3c2c(=O)n(C)c(=O)n3CC(C)C)n[nH]1. The first-order valence-corrected chi connectivity index (χ1v) is 12.1. The number of nitrogens with zero attached hydrogens (tertiary/aromatic N) is 4. The van der Waals surface area contributed by atoms with E-state index in [2.05, 4.69) is 15.2 Å². The summed E-state index contributed by atoms with van der Waals surface area (Å²) in [6.07, 6.45) is -4.76. The number of carbonyl (C=O) groups is 1. The molecule has 184 valence electrons. The number of ketones is 1. The number of nitrogens with one attached hydrogen (secondary N) is 1. The van der Waals surface area contributed by atoms with Gasteiger partial charge in [0.05, 0.1) is 20.7 Å². The molecule has 0 aliphatic rings. The summed E-state index contributed by atoms with van der Waals surface area (Å²) in [6, 6.07) is 4.47. The molecule has 35 heavy (non-hydrogen) atoms. The van der Waals surface area contributed by atoms with E-state index in [0.717, 1.165) is 39.8 Å². The molecule has 0 amide bonds. The zero-order valence-corrected chi connectivity index (χ0v) is 20.7. The Labute approximate surface area is 204 Å². The van der Waals surface area contributed by atoms with E-state index in [-0.39, 0.29) is 37.6 Å². The average molecular weight is 524 g/mol. The van der Waals surface area contributed by atoms with Crippen LogP contribution in [0.5, 0.6) is 0 Å². The number of thiophene rings is 1. The van der Waals surface area contributed by atoms with Crippen LogP contribution < -0.4 is 11.2 Å². The molecule has 1 N–H and O–H groups in total. The standard InChI is InChI=1S/C22H20F3N5O3S2/c1-10(2)9-30-19-14(18(32)29(4)21(30)33)16(35-20-26-11(3)27-28-20)17(34-19)15(31)12-7-5-6-8-13(12)22(23,24)25/h5-8,10H,9H2,1-4H3,(H,26,27,28). The predicted molar refractivity (Wildman–Crippen MR) is 126 cm³/mol. The molecule has 0 saturated carbocycles. The number of aromatic nitrogens is 5. The highest BCUT2D eigenvalue weighted by Gasteiger charge is 2.36. The largest absolute Gasteiger partial charge is 0.417 e. The molecule has 4 rings (SSSR count). The zero-order valence-electron chi connectivity index (χ0n) is 19.1. The first-order chi connectivity index (χ1) is 16.4. The number of aromatic amines is 1. The van der Waals surface area contributed by atoms with Gasteiger partial charge in [-0.3, -0.25) is 23.8 Å². The van der Waals surface area contributed by atoms with E-state index in [9.17, 15) is 27.6 Å². The minimum absolute atomic E-state index is 0.0207. The van der Waals surface area contributed by atoms with Crippen molar-refractivity contribution in [3.63, 3.8) is 0 Å². The van der Waals surface area contributed by atoms with Crippen molar-refractivity contribution >= 4 is 39.1 Å². The Bertz CT molecular complexity index is 1560. The van der Waals surface area contributed by atoms with Crippen molar-refractivity contribution in [2.45, 2.75) is 43.5 Å². The quantitative estimate of drug-likeness (QED) is 0.379. The second-order valence-corrected chi connectivity index (χ2v) is 10.2. The van der Waals surface area contributed by atoms with Gasteiger partial charge in [-0.25, -0.2) is 9.78 Å². The smallest absolute Gasteiger partial charge is 0.288 e. The Hall–Kier alpha value is -3.19. The molecular formula is C22H20F3N5O3S2. The lowest BCUT2D eigenvalue weighted by molar-refractivity contribution is -0.137. The van der Waals surface area contributed by atoms with Crippen molar-refractivity contribution in [3.8, 4) is 0 Å². The normalized spacial score (nSPS) is 12.1. The summed E-state index contributed by atoms with van der Waals surface area (Å²) < 4.78 is 43.4. The number of benzene rings is 1. The van der Waals surface area contributed by atoms with Crippen LogP contribution in [0.4, 0.5) is 13.2 Å². The lowest BCUT2D eigenvalue weighted by atomic mass is 10.0.